The van der Waals surface area contributed by atoms with Crippen molar-refractivity contribution in [2.75, 3.05) is 33.2 Å². The van der Waals surface area contributed by atoms with Gasteiger partial charge >= 0.3 is 6.03 Å². The first-order valence-corrected chi connectivity index (χ1v) is 7.43. The first-order valence-electron chi connectivity index (χ1n) is 7.43. The Morgan fingerprint density at radius 3 is 2.29 bits per heavy atom. The summed E-state index contributed by atoms with van der Waals surface area (Å²) in [5.41, 5.74) is 0. The van der Waals surface area contributed by atoms with Crippen LogP contribution in [-0.4, -0.2) is 67.0 Å². The molecule has 0 spiro atoms. The minimum absolute atomic E-state index is 0.0350. The Morgan fingerprint density at radius 2 is 1.81 bits per heavy atom. The molecule has 0 aromatic rings. The van der Waals surface area contributed by atoms with E-state index in [2.05, 4.69) is 28.5 Å². The standard InChI is InChI=1S/C14H25N5O2/c1-4-5-12(10-15)19-8-6-18(7-9-19)11(2)13(20)17-14(21)16-3/h11-12H,4-9H2,1-3H3,(H2,16,17,20,21). The molecule has 1 heterocycles. The normalized spacial score (nSPS) is 19.3. The number of nitrogens with zero attached hydrogens (tertiary/aromatic N) is 3. The molecule has 0 saturated carbocycles. The topological polar surface area (TPSA) is 88.5 Å². The monoisotopic (exact) mass is 295 g/mol. The van der Waals surface area contributed by atoms with Crippen LogP contribution in [0.2, 0.25) is 0 Å². The van der Waals surface area contributed by atoms with Crippen molar-refractivity contribution in [3.8, 4) is 6.07 Å². The summed E-state index contributed by atoms with van der Waals surface area (Å²) in [5.74, 6) is -0.298. The summed E-state index contributed by atoms with van der Waals surface area (Å²) in [5, 5.41) is 13.8. The lowest BCUT2D eigenvalue weighted by atomic mass is 10.1. The smallest absolute Gasteiger partial charge is 0.321 e. The van der Waals surface area contributed by atoms with Gasteiger partial charge in [0.05, 0.1) is 18.2 Å². The van der Waals surface area contributed by atoms with E-state index in [0.29, 0.717) is 0 Å². The molecule has 3 amide bonds. The zero-order chi connectivity index (χ0) is 15.8. The fourth-order valence-corrected chi connectivity index (χ4v) is 2.48. The van der Waals surface area contributed by atoms with Crippen molar-refractivity contribution >= 4 is 11.9 Å². The molecule has 7 nitrogen and oxygen atoms in total. The zero-order valence-corrected chi connectivity index (χ0v) is 13.1. The molecule has 1 fully saturated rings. The number of nitriles is 1. The van der Waals surface area contributed by atoms with E-state index in [1.807, 2.05) is 4.90 Å². The number of imide groups is 1. The van der Waals surface area contributed by atoms with Crippen LogP contribution in [0.3, 0.4) is 0 Å². The Morgan fingerprint density at radius 1 is 1.24 bits per heavy atom. The van der Waals surface area contributed by atoms with Crippen LogP contribution in [0.25, 0.3) is 0 Å². The van der Waals surface area contributed by atoms with E-state index in [9.17, 15) is 14.9 Å². The van der Waals surface area contributed by atoms with E-state index < -0.39 is 6.03 Å². The largest absolute Gasteiger partial charge is 0.341 e. The summed E-state index contributed by atoms with van der Waals surface area (Å²) < 4.78 is 0. The molecule has 21 heavy (non-hydrogen) atoms. The number of piperazine rings is 1. The molecule has 118 valence electrons. The summed E-state index contributed by atoms with van der Waals surface area (Å²) in [6, 6.07) is 1.47. The fraction of sp³-hybridized carbons (Fsp3) is 0.786. The molecule has 1 rings (SSSR count). The first kappa shape index (κ1) is 17.4. The molecular weight excluding hydrogens is 270 g/mol. The summed E-state index contributed by atoms with van der Waals surface area (Å²) in [7, 11) is 1.47. The van der Waals surface area contributed by atoms with Crippen molar-refractivity contribution in [3.05, 3.63) is 0 Å². The predicted molar refractivity (Wildman–Crippen MR) is 79.5 cm³/mol. The van der Waals surface area contributed by atoms with Crippen molar-refractivity contribution in [1.82, 2.24) is 20.4 Å². The van der Waals surface area contributed by atoms with Crippen LogP contribution in [0.5, 0.6) is 0 Å². The van der Waals surface area contributed by atoms with Gasteiger partial charge in [0, 0.05) is 33.2 Å². The van der Waals surface area contributed by atoms with Crippen molar-refractivity contribution in [3.63, 3.8) is 0 Å². The van der Waals surface area contributed by atoms with Crippen molar-refractivity contribution in [2.24, 2.45) is 0 Å². The van der Waals surface area contributed by atoms with Gasteiger partial charge in [0.2, 0.25) is 5.91 Å². The Balaban J connectivity index is 2.46. The quantitative estimate of drug-likeness (QED) is 0.753. The first-order chi connectivity index (χ1) is 10.0. The highest BCUT2D eigenvalue weighted by Crippen LogP contribution is 2.12. The number of carbonyl (C=O) groups is 2. The highest BCUT2D eigenvalue weighted by Gasteiger charge is 2.28. The Kier molecular flexibility index (Phi) is 7.12. The molecule has 1 aliphatic rings. The van der Waals surface area contributed by atoms with E-state index in [1.54, 1.807) is 6.92 Å². The predicted octanol–water partition coefficient (Wildman–Crippen LogP) is 0.140. The van der Waals surface area contributed by atoms with Gasteiger partial charge in [0.1, 0.15) is 0 Å². The Labute approximate surface area is 126 Å². The minimum Gasteiger partial charge on any atom is -0.341 e. The Bertz CT molecular complexity index is 399. The number of rotatable bonds is 5. The Hall–Kier alpha value is -1.65. The molecular formula is C14H25N5O2. The van der Waals surface area contributed by atoms with E-state index in [4.69, 9.17) is 0 Å². The maximum atomic E-state index is 11.9. The molecule has 0 aromatic carbocycles. The van der Waals surface area contributed by atoms with Crippen LogP contribution in [0.1, 0.15) is 26.7 Å². The van der Waals surface area contributed by atoms with E-state index >= 15 is 0 Å². The lowest BCUT2D eigenvalue weighted by Gasteiger charge is -2.39. The average Bonchev–Trinajstić information content (AvgIpc) is 2.51. The van der Waals surface area contributed by atoms with E-state index in [0.717, 1.165) is 39.0 Å². The maximum absolute atomic E-state index is 11.9. The summed E-state index contributed by atoms with van der Waals surface area (Å²) in [6.07, 6.45) is 1.87. The second-order valence-electron chi connectivity index (χ2n) is 5.25. The molecule has 1 saturated heterocycles. The third-order valence-corrected chi connectivity index (χ3v) is 3.89. The summed E-state index contributed by atoms with van der Waals surface area (Å²) in [6.45, 7) is 6.87. The maximum Gasteiger partial charge on any atom is 0.321 e. The lowest BCUT2D eigenvalue weighted by Crippen LogP contribution is -2.56. The minimum atomic E-state index is -0.488. The summed E-state index contributed by atoms with van der Waals surface area (Å²) in [4.78, 5) is 27.3. The molecule has 0 bridgehead atoms. The SMILES string of the molecule is CCCC(C#N)N1CCN(C(C)C(=O)NC(=O)NC)CC1. The molecule has 7 heteroatoms. The van der Waals surface area contributed by atoms with E-state index in [-0.39, 0.29) is 18.0 Å². The van der Waals surface area contributed by atoms with Gasteiger partial charge in [-0.15, -0.1) is 0 Å². The van der Waals surface area contributed by atoms with Gasteiger partial charge in [-0.3, -0.25) is 19.9 Å². The number of hydrogen-bond acceptors (Lipinski definition) is 5. The second kappa shape index (κ2) is 8.60. The highest BCUT2D eigenvalue weighted by atomic mass is 16.2. The molecule has 0 aliphatic carbocycles. The highest BCUT2D eigenvalue weighted by molar-refractivity contribution is 5.96. The van der Waals surface area contributed by atoms with Crippen molar-refractivity contribution in [1.29, 1.82) is 5.26 Å². The number of hydrogen-bond donors (Lipinski definition) is 2. The number of carbonyl (C=O) groups excluding carboxylic acids is 2. The van der Waals surface area contributed by atoms with Gasteiger partial charge in [-0.05, 0) is 13.3 Å². The van der Waals surface area contributed by atoms with Crippen LogP contribution in [0.4, 0.5) is 4.79 Å². The van der Waals surface area contributed by atoms with Crippen LogP contribution in [-0.2, 0) is 4.79 Å². The van der Waals surface area contributed by atoms with Crippen LogP contribution in [0, 0.1) is 11.3 Å². The molecule has 2 unspecified atom stereocenters. The average molecular weight is 295 g/mol. The lowest BCUT2D eigenvalue weighted by molar-refractivity contribution is -0.125. The van der Waals surface area contributed by atoms with E-state index in [1.165, 1.54) is 7.05 Å². The third kappa shape index (κ3) is 4.99. The van der Waals surface area contributed by atoms with Crippen LogP contribution >= 0.6 is 0 Å². The van der Waals surface area contributed by atoms with Crippen molar-refractivity contribution < 1.29 is 9.59 Å². The molecule has 2 N–H and O–H groups in total. The number of amides is 3. The molecule has 0 aromatic heterocycles. The number of urea groups is 1. The van der Waals surface area contributed by atoms with Gasteiger partial charge < -0.3 is 5.32 Å². The van der Waals surface area contributed by atoms with Crippen LogP contribution < -0.4 is 10.6 Å². The van der Waals surface area contributed by atoms with Gasteiger partial charge in [-0.1, -0.05) is 13.3 Å². The van der Waals surface area contributed by atoms with Gasteiger partial charge in [-0.25, -0.2) is 4.79 Å². The van der Waals surface area contributed by atoms with Gasteiger partial charge in [0.25, 0.3) is 0 Å². The molecule has 2 atom stereocenters. The molecule has 1 aliphatic heterocycles. The third-order valence-electron chi connectivity index (χ3n) is 3.89. The van der Waals surface area contributed by atoms with Gasteiger partial charge in [-0.2, -0.15) is 5.26 Å². The van der Waals surface area contributed by atoms with Crippen molar-refractivity contribution in [2.45, 2.75) is 38.8 Å². The molecule has 0 radical (unpaired) electrons. The van der Waals surface area contributed by atoms with Crippen LogP contribution in [0.15, 0.2) is 0 Å². The second-order valence-corrected chi connectivity index (χ2v) is 5.25. The zero-order valence-electron chi connectivity index (χ0n) is 13.1. The van der Waals surface area contributed by atoms with Gasteiger partial charge in [0.15, 0.2) is 0 Å². The number of nitrogens with one attached hydrogen (secondary N) is 2. The fourth-order valence-electron chi connectivity index (χ4n) is 2.48. The summed E-state index contributed by atoms with van der Waals surface area (Å²) >= 11 is 0.